The molecule has 0 radical (unpaired) electrons. The lowest BCUT2D eigenvalue weighted by Crippen LogP contribution is -2.64. The minimum absolute atomic E-state index is 0.0569. The summed E-state index contributed by atoms with van der Waals surface area (Å²) in [7, 11) is 0. The molecule has 29 nitrogen and oxygen atoms in total. The highest BCUT2D eigenvalue weighted by atomic mass is 16.7. The van der Waals surface area contributed by atoms with E-state index in [1.807, 2.05) is 0 Å². The van der Waals surface area contributed by atoms with E-state index in [0.29, 0.717) is 96.7 Å². The molecule has 6 amide bonds. The minimum atomic E-state index is -1.46. The molecule has 1 saturated heterocycles. The first-order valence-electron chi connectivity index (χ1n) is 29.5. The number of nitrogens with one attached hydrogen (secondary N) is 7. The topological polar surface area (TPSA) is 441 Å². The summed E-state index contributed by atoms with van der Waals surface area (Å²) in [6, 6.07) is -4.81. The van der Waals surface area contributed by atoms with E-state index in [1.54, 1.807) is 0 Å². The van der Waals surface area contributed by atoms with Crippen molar-refractivity contribution in [3.8, 4) is 0 Å². The summed E-state index contributed by atoms with van der Waals surface area (Å²) in [6.45, 7) is 7.25. The van der Waals surface area contributed by atoms with Crippen molar-refractivity contribution in [1.82, 2.24) is 37.2 Å². The third kappa shape index (κ3) is 33.7. The minimum Gasteiger partial charge on any atom is -0.394 e. The molecule has 15 atom stereocenters. The van der Waals surface area contributed by atoms with E-state index in [0.717, 1.165) is 0 Å². The maximum atomic E-state index is 13.8. The van der Waals surface area contributed by atoms with Crippen molar-refractivity contribution in [2.24, 2.45) is 0 Å². The highest BCUT2D eigenvalue weighted by molar-refractivity contribution is 5.92. The number of hydrogen-bond donors (Lipinski definition) is 16. The van der Waals surface area contributed by atoms with E-state index < -0.39 is 154 Å². The van der Waals surface area contributed by atoms with Gasteiger partial charge in [-0.05, 0) is 111 Å². The quantitative estimate of drug-likeness (QED) is 0.0209. The van der Waals surface area contributed by atoms with Gasteiger partial charge in [-0.2, -0.15) is 0 Å². The summed E-state index contributed by atoms with van der Waals surface area (Å²) < 4.78 is 34.2. The molecule has 0 saturated carbocycles. The third-order valence-corrected chi connectivity index (χ3v) is 13.6. The van der Waals surface area contributed by atoms with Crippen LogP contribution in [0.5, 0.6) is 0 Å². The van der Waals surface area contributed by atoms with Crippen LogP contribution in [0.25, 0.3) is 0 Å². The molecular formula is C55H103N7O22. The third-order valence-electron chi connectivity index (χ3n) is 13.6. The molecule has 0 aromatic heterocycles. The molecule has 16 N–H and O–H groups in total. The second kappa shape index (κ2) is 46.1. The van der Waals surface area contributed by atoms with Crippen LogP contribution in [0.3, 0.4) is 0 Å². The largest absolute Gasteiger partial charge is 0.394 e. The number of carbonyl (C=O) groups excluding carboxylic acids is 7. The summed E-state index contributed by atoms with van der Waals surface area (Å²) in [5.41, 5.74) is 0. The summed E-state index contributed by atoms with van der Waals surface area (Å²) in [4.78, 5) is 87.7. The van der Waals surface area contributed by atoms with Gasteiger partial charge in [-0.25, -0.2) is 0 Å². The molecule has 0 aromatic carbocycles. The Labute approximate surface area is 493 Å². The van der Waals surface area contributed by atoms with Crippen LogP contribution in [0.1, 0.15) is 144 Å². The number of aliphatic hydroxyl groups excluding tert-OH is 9. The fourth-order valence-corrected chi connectivity index (χ4v) is 8.78. The maximum absolute atomic E-state index is 13.8. The van der Waals surface area contributed by atoms with Gasteiger partial charge in [-0.3, -0.25) is 33.6 Å². The molecular weight excluding hydrogens is 1110 g/mol. The Kier molecular flexibility index (Phi) is 42.7. The van der Waals surface area contributed by atoms with Gasteiger partial charge >= 0.3 is 0 Å². The van der Waals surface area contributed by atoms with E-state index >= 15 is 0 Å². The second-order valence-corrected chi connectivity index (χ2v) is 21.2. The van der Waals surface area contributed by atoms with Crippen LogP contribution in [-0.2, 0) is 62.0 Å². The zero-order valence-electron chi connectivity index (χ0n) is 50.1. The lowest BCUT2D eigenvalue weighted by molar-refractivity contribution is -0.270. The van der Waals surface area contributed by atoms with Crippen molar-refractivity contribution in [3.05, 3.63) is 0 Å². The molecule has 84 heavy (non-hydrogen) atoms. The number of rotatable bonds is 50. The lowest BCUT2D eigenvalue weighted by Gasteiger charge is -2.42. The van der Waals surface area contributed by atoms with Crippen molar-refractivity contribution < 1.29 is 108 Å². The SMILES string of the molecule is CC(=O)NC1C(OCCCCCC(=O)NC(CCCCNCCCCOC(OC(CO)[C@@H](C)O)[C@H](CO)NC(C)=O)C(=O)NC(CCCCNC(=O)CCCCCOC(OC(CO)[C@@H](C)O)[C@H](CO)NC(C)=O)C(C)=O)OC(CO)C(O)[C@@H]1O. The number of amides is 6. The number of ketones is 1. The molecule has 1 rings (SSSR count). The van der Waals surface area contributed by atoms with Gasteiger partial charge in [0.15, 0.2) is 24.7 Å². The molecule has 10 unspecified atom stereocenters. The average molecular weight is 1210 g/mol. The standard InChI is InChI=1S/C55H103N7O22/c1-34(68)40(19-12-14-25-57-47(74)21-9-7-16-26-79-53(42(29-63)58-37(4)71)82-44(31-65)35(2)69)62-52(78)41(61-48(75)22-10-8-17-27-81-55-49(60-39(6)73)51(77)50(76)46(33-67)84-55)20-11-13-23-56-24-15-18-28-80-54(43(30-64)59-38(5)72)83-45(32-66)36(3)70/h35-36,40-46,49-51,53-56,63-67,69-70,76-77H,7-33H2,1-6H3,(H,57,74)(H,58,71)(H,59,72)(H,60,73)(H,61,75)(H,62,78)/t35-,36-,40?,41?,42+,43+,44?,45?,46?,49?,50?,51-,53?,54?,55?/m1/s1. The number of unbranched alkanes of at least 4 members (excludes halogenated alkanes) is 7. The van der Waals surface area contributed by atoms with Crippen molar-refractivity contribution in [1.29, 1.82) is 0 Å². The second-order valence-electron chi connectivity index (χ2n) is 21.2. The van der Waals surface area contributed by atoms with Gasteiger partial charge in [-0.1, -0.05) is 12.8 Å². The Morgan fingerprint density at radius 3 is 1.49 bits per heavy atom. The highest BCUT2D eigenvalue weighted by Gasteiger charge is 2.45. The Bertz CT molecular complexity index is 1840. The Hall–Kier alpha value is -4.15. The van der Waals surface area contributed by atoms with Crippen LogP contribution in [0, 0.1) is 0 Å². The predicted octanol–water partition coefficient (Wildman–Crippen LogP) is -3.35. The smallest absolute Gasteiger partial charge is 0.243 e. The van der Waals surface area contributed by atoms with Gasteiger partial charge in [-0.15, -0.1) is 0 Å². The van der Waals surface area contributed by atoms with Crippen molar-refractivity contribution in [2.45, 2.75) is 236 Å². The van der Waals surface area contributed by atoms with Crippen molar-refractivity contribution in [2.75, 3.05) is 72.5 Å². The number of aliphatic hydroxyl groups is 9. The number of carbonyl (C=O) groups is 7. The van der Waals surface area contributed by atoms with Gasteiger partial charge in [0.25, 0.3) is 0 Å². The number of hydrogen-bond acceptors (Lipinski definition) is 23. The van der Waals surface area contributed by atoms with E-state index in [1.165, 1.54) is 41.5 Å². The lowest BCUT2D eigenvalue weighted by atomic mass is 9.97. The van der Waals surface area contributed by atoms with E-state index in [4.69, 9.17) is 28.4 Å². The van der Waals surface area contributed by atoms with Crippen LogP contribution in [-0.4, -0.2) is 251 Å². The Morgan fingerprint density at radius 1 is 0.524 bits per heavy atom. The molecule has 0 aromatic rings. The Morgan fingerprint density at radius 2 is 1.01 bits per heavy atom. The van der Waals surface area contributed by atoms with Crippen LogP contribution >= 0.6 is 0 Å². The summed E-state index contributed by atoms with van der Waals surface area (Å²) in [5, 5.41) is 109. The Balaban J connectivity index is 2.78. The zero-order valence-corrected chi connectivity index (χ0v) is 50.1. The molecule has 490 valence electrons. The first kappa shape index (κ1) is 77.9. The van der Waals surface area contributed by atoms with Gasteiger partial charge < -0.3 is 112 Å². The van der Waals surface area contributed by atoms with Crippen LogP contribution < -0.4 is 37.2 Å². The van der Waals surface area contributed by atoms with Gasteiger partial charge in [0.05, 0.1) is 51.3 Å². The fraction of sp³-hybridized carbons (Fsp3) is 0.873. The molecule has 29 heteroatoms. The summed E-state index contributed by atoms with van der Waals surface area (Å²) in [5.74, 6) is -2.74. The van der Waals surface area contributed by atoms with Gasteiger partial charge in [0, 0.05) is 60.0 Å². The predicted molar refractivity (Wildman–Crippen MR) is 302 cm³/mol. The van der Waals surface area contributed by atoms with E-state index in [2.05, 4.69) is 37.2 Å². The fourth-order valence-electron chi connectivity index (χ4n) is 8.78. The summed E-state index contributed by atoms with van der Waals surface area (Å²) >= 11 is 0. The molecule has 0 bridgehead atoms. The number of ether oxygens (including phenoxy) is 6. The van der Waals surface area contributed by atoms with Gasteiger partial charge in [0.2, 0.25) is 35.4 Å². The monoisotopic (exact) mass is 1210 g/mol. The van der Waals surface area contributed by atoms with Gasteiger partial charge in [0.1, 0.15) is 54.7 Å². The molecule has 1 fully saturated rings. The number of Topliss-reactive ketones (excluding diaryl/α,β-unsaturated/α-hetero) is 1. The van der Waals surface area contributed by atoms with Crippen molar-refractivity contribution >= 4 is 41.2 Å². The van der Waals surface area contributed by atoms with Crippen LogP contribution in [0.4, 0.5) is 0 Å². The molecule has 1 aliphatic heterocycles. The molecule has 1 aliphatic rings. The van der Waals surface area contributed by atoms with Crippen LogP contribution in [0.15, 0.2) is 0 Å². The normalized spacial score (nSPS) is 20.6. The maximum Gasteiger partial charge on any atom is 0.243 e. The average Bonchev–Trinajstić information content (AvgIpc) is 3.33. The van der Waals surface area contributed by atoms with Crippen molar-refractivity contribution in [3.63, 3.8) is 0 Å². The molecule has 1 heterocycles. The van der Waals surface area contributed by atoms with E-state index in [-0.39, 0.29) is 57.2 Å². The molecule has 0 aliphatic carbocycles. The zero-order chi connectivity index (χ0) is 63.0. The first-order chi connectivity index (χ1) is 40.0. The highest BCUT2D eigenvalue weighted by Crippen LogP contribution is 2.23. The van der Waals surface area contributed by atoms with E-state index in [9.17, 15) is 79.5 Å². The summed E-state index contributed by atoms with van der Waals surface area (Å²) in [6.07, 6.45) is -4.45. The molecule has 0 spiro atoms. The first-order valence-corrected chi connectivity index (χ1v) is 29.5. The van der Waals surface area contributed by atoms with Crippen LogP contribution in [0.2, 0.25) is 0 Å².